The lowest BCUT2D eigenvalue weighted by Crippen LogP contribution is -2.19. The Kier molecular flexibility index (Phi) is 4.04. The molecule has 0 bridgehead atoms. The first-order chi connectivity index (χ1) is 8.88. The van der Waals surface area contributed by atoms with Crippen molar-refractivity contribution in [3.63, 3.8) is 0 Å². The molecule has 1 aromatic carbocycles. The predicted octanol–water partition coefficient (Wildman–Crippen LogP) is 4.00. The van der Waals surface area contributed by atoms with E-state index in [0.717, 1.165) is 0 Å². The van der Waals surface area contributed by atoms with Crippen molar-refractivity contribution in [2.45, 2.75) is 38.5 Å². The molecule has 106 valence electrons. The quantitative estimate of drug-likeness (QED) is 0.829. The van der Waals surface area contributed by atoms with Gasteiger partial charge in [0.15, 0.2) is 0 Å². The second-order valence-electron chi connectivity index (χ2n) is 5.01. The van der Waals surface area contributed by atoms with Gasteiger partial charge in [-0.05, 0) is 23.6 Å². The molecule has 0 N–H and O–H groups in total. The molecule has 19 heavy (non-hydrogen) atoms. The molecule has 0 spiro atoms. The van der Waals surface area contributed by atoms with Gasteiger partial charge in [0.05, 0.1) is 18.8 Å². The third kappa shape index (κ3) is 3.41. The maximum absolute atomic E-state index is 13.1. The Hall–Kier alpha value is -1.23. The van der Waals surface area contributed by atoms with Crippen molar-refractivity contribution >= 4 is 0 Å². The number of ether oxygens (including phenoxy) is 2. The average Bonchev–Trinajstić information content (AvgIpc) is 2.80. The number of alkyl halides is 3. The first-order valence-corrected chi connectivity index (χ1v) is 6.33. The van der Waals surface area contributed by atoms with Gasteiger partial charge >= 0.3 is 6.18 Å². The Morgan fingerprint density at radius 1 is 1.32 bits per heavy atom. The molecule has 1 unspecified atom stereocenters. The smallest absolute Gasteiger partial charge is 0.419 e. The molecule has 0 radical (unpaired) electrons. The maximum atomic E-state index is 13.1. The van der Waals surface area contributed by atoms with Crippen LogP contribution in [-0.4, -0.2) is 19.3 Å². The van der Waals surface area contributed by atoms with Crippen LogP contribution >= 0.6 is 0 Å². The molecule has 1 aromatic rings. The number of benzene rings is 1. The number of halogens is 3. The monoisotopic (exact) mass is 274 g/mol. The molecule has 1 heterocycles. The summed E-state index contributed by atoms with van der Waals surface area (Å²) in [6, 6.07) is 4.28. The van der Waals surface area contributed by atoms with Crippen LogP contribution in [0.3, 0.4) is 0 Å². The van der Waals surface area contributed by atoms with Gasteiger partial charge in [-0.3, -0.25) is 0 Å². The molecule has 0 amide bonds. The molecule has 2 rings (SSSR count). The highest BCUT2D eigenvalue weighted by molar-refractivity contribution is 5.40. The molecule has 1 saturated heterocycles. The molecule has 1 fully saturated rings. The Morgan fingerprint density at radius 3 is 2.58 bits per heavy atom. The number of hydrogen-bond donors (Lipinski definition) is 0. The van der Waals surface area contributed by atoms with Crippen molar-refractivity contribution in [1.82, 2.24) is 0 Å². The van der Waals surface area contributed by atoms with Gasteiger partial charge in [-0.1, -0.05) is 19.9 Å². The van der Waals surface area contributed by atoms with Crippen LogP contribution in [0.2, 0.25) is 0 Å². The Bertz CT molecular complexity index is 435. The maximum Gasteiger partial charge on any atom is 0.419 e. The van der Waals surface area contributed by atoms with E-state index >= 15 is 0 Å². The number of hydrogen-bond acceptors (Lipinski definition) is 2. The van der Waals surface area contributed by atoms with E-state index in [1.165, 1.54) is 12.1 Å². The van der Waals surface area contributed by atoms with Crippen molar-refractivity contribution in [3.05, 3.63) is 29.3 Å². The fourth-order valence-corrected chi connectivity index (χ4v) is 2.02. The molecule has 1 aliphatic heterocycles. The first-order valence-electron chi connectivity index (χ1n) is 6.33. The van der Waals surface area contributed by atoms with E-state index in [4.69, 9.17) is 9.47 Å². The zero-order chi connectivity index (χ0) is 14.0. The highest BCUT2D eigenvalue weighted by Gasteiger charge is 2.35. The summed E-state index contributed by atoms with van der Waals surface area (Å²) in [7, 11) is 0. The van der Waals surface area contributed by atoms with Crippen LogP contribution in [-0.2, 0) is 10.9 Å². The van der Waals surface area contributed by atoms with E-state index in [1.807, 2.05) is 13.8 Å². The van der Waals surface area contributed by atoms with Crippen molar-refractivity contribution < 1.29 is 22.6 Å². The topological polar surface area (TPSA) is 18.5 Å². The normalized spacial score (nSPS) is 20.0. The standard InChI is InChI=1S/C14H17F3O2/c1-9(2)10-3-4-13(12(7-10)14(15,16)17)19-11-5-6-18-8-11/h3-4,7,9,11H,5-6,8H2,1-2H3. The van der Waals surface area contributed by atoms with Gasteiger partial charge in [-0.2, -0.15) is 13.2 Å². The highest BCUT2D eigenvalue weighted by atomic mass is 19.4. The third-order valence-corrected chi connectivity index (χ3v) is 3.16. The van der Waals surface area contributed by atoms with Crippen molar-refractivity contribution in [3.8, 4) is 5.75 Å². The summed E-state index contributed by atoms with van der Waals surface area (Å²) < 4.78 is 49.7. The fourth-order valence-electron chi connectivity index (χ4n) is 2.02. The lowest BCUT2D eigenvalue weighted by molar-refractivity contribution is -0.139. The summed E-state index contributed by atoms with van der Waals surface area (Å²) in [5.41, 5.74) is -0.0482. The molecule has 1 aliphatic rings. The Morgan fingerprint density at radius 2 is 2.05 bits per heavy atom. The molecule has 0 saturated carbocycles. The molecule has 0 aliphatic carbocycles. The lowest BCUT2D eigenvalue weighted by Gasteiger charge is -2.19. The second kappa shape index (κ2) is 5.41. The number of rotatable bonds is 3. The Labute approximate surface area is 110 Å². The highest BCUT2D eigenvalue weighted by Crippen LogP contribution is 2.38. The summed E-state index contributed by atoms with van der Waals surface area (Å²) in [6.45, 7) is 4.61. The fraction of sp³-hybridized carbons (Fsp3) is 0.571. The summed E-state index contributed by atoms with van der Waals surface area (Å²) in [4.78, 5) is 0. The van der Waals surface area contributed by atoms with Crippen LogP contribution in [0.1, 0.15) is 37.3 Å². The van der Waals surface area contributed by atoms with Crippen LogP contribution in [0.25, 0.3) is 0 Å². The minimum Gasteiger partial charge on any atom is -0.487 e. The minimum absolute atomic E-state index is 0.0463. The zero-order valence-electron chi connectivity index (χ0n) is 11.0. The van der Waals surface area contributed by atoms with E-state index in [0.29, 0.717) is 25.2 Å². The van der Waals surface area contributed by atoms with E-state index < -0.39 is 11.7 Å². The minimum atomic E-state index is -4.40. The zero-order valence-corrected chi connectivity index (χ0v) is 11.0. The van der Waals surface area contributed by atoms with Crippen LogP contribution in [0, 0.1) is 0 Å². The van der Waals surface area contributed by atoms with Crippen molar-refractivity contribution in [2.75, 3.05) is 13.2 Å². The summed E-state index contributed by atoms with van der Waals surface area (Å²) in [5.74, 6) is -0.0580. The molecule has 1 atom stereocenters. The van der Waals surface area contributed by atoms with Gasteiger partial charge in [0.2, 0.25) is 0 Å². The lowest BCUT2D eigenvalue weighted by atomic mass is 10.00. The van der Waals surface area contributed by atoms with Crippen LogP contribution in [0.15, 0.2) is 18.2 Å². The van der Waals surface area contributed by atoms with E-state index in [1.54, 1.807) is 6.07 Å². The molecule has 0 aromatic heterocycles. The molecular weight excluding hydrogens is 257 g/mol. The van der Waals surface area contributed by atoms with Gasteiger partial charge in [0.1, 0.15) is 11.9 Å². The van der Waals surface area contributed by atoms with Crippen LogP contribution in [0.4, 0.5) is 13.2 Å². The largest absolute Gasteiger partial charge is 0.487 e. The molecule has 2 nitrogen and oxygen atoms in total. The molecule has 5 heteroatoms. The van der Waals surface area contributed by atoms with Gasteiger partial charge in [-0.25, -0.2) is 0 Å². The third-order valence-electron chi connectivity index (χ3n) is 3.16. The summed E-state index contributed by atoms with van der Waals surface area (Å²) in [5, 5.41) is 0. The summed E-state index contributed by atoms with van der Waals surface area (Å²) >= 11 is 0. The summed E-state index contributed by atoms with van der Waals surface area (Å²) in [6.07, 6.45) is -4.06. The van der Waals surface area contributed by atoms with Gasteiger partial charge in [-0.15, -0.1) is 0 Å². The van der Waals surface area contributed by atoms with E-state index in [-0.39, 0.29) is 17.8 Å². The van der Waals surface area contributed by atoms with Crippen LogP contribution in [0.5, 0.6) is 5.75 Å². The van der Waals surface area contributed by atoms with E-state index in [9.17, 15) is 13.2 Å². The molecular formula is C14H17F3O2. The Balaban J connectivity index is 2.30. The first kappa shape index (κ1) is 14.2. The van der Waals surface area contributed by atoms with Gasteiger partial charge in [0.25, 0.3) is 0 Å². The predicted molar refractivity (Wildman–Crippen MR) is 65.4 cm³/mol. The van der Waals surface area contributed by atoms with Gasteiger partial charge < -0.3 is 9.47 Å². The van der Waals surface area contributed by atoms with Crippen molar-refractivity contribution in [1.29, 1.82) is 0 Å². The van der Waals surface area contributed by atoms with Crippen molar-refractivity contribution in [2.24, 2.45) is 0 Å². The van der Waals surface area contributed by atoms with Crippen LogP contribution < -0.4 is 4.74 Å². The van der Waals surface area contributed by atoms with Gasteiger partial charge in [0, 0.05) is 6.42 Å². The van der Waals surface area contributed by atoms with E-state index in [2.05, 4.69) is 0 Å². The SMILES string of the molecule is CC(C)c1ccc(OC2CCOC2)c(C(F)(F)F)c1. The second-order valence-corrected chi connectivity index (χ2v) is 5.01. The average molecular weight is 274 g/mol.